The van der Waals surface area contributed by atoms with Gasteiger partial charge in [0.05, 0.1) is 6.61 Å². The molecule has 1 aromatic carbocycles. The molecule has 0 heterocycles. The maximum absolute atomic E-state index is 11.5. The summed E-state index contributed by atoms with van der Waals surface area (Å²) in [7, 11) is 0. The molecule has 2 nitrogen and oxygen atoms in total. The number of aliphatic hydroxyl groups excluding tert-OH is 1. The van der Waals surface area contributed by atoms with Gasteiger partial charge in [-0.05, 0) is 5.56 Å². The van der Waals surface area contributed by atoms with E-state index < -0.39 is 0 Å². The van der Waals surface area contributed by atoms with Gasteiger partial charge in [0.15, 0.2) is 5.78 Å². The summed E-state index contributed by atoms with van der Waals surface area (Å²) in [5.41, 5.74) is 1.29. The highest BCUT2D eigenvalue weighted by molar-refractivity contribution is 6.27. The van der Waals surface area contributed by atoms with Gasteiger partial charge in [-0.2, -0.15) is 0 Å². The van der Waals surface area contributed by atoms with Gasteiger partial charge >= 0.3 is 0 Å². The van der Waals surface area contributed by atoms with E-state index in [2.05, 4.69) is 13.2 Å². The van der Waals surface area contributed by atoms with Gasteiger partial charge in [0.1, 0.15) is 0 Å². The molecule has 0 unspecified atom stereocenters. The fourth-order valence-electron chi connectivity index (χ4n) is 1.06. The van der Waals surface area contributed by atoms with Crippen molar-refractivity contribution in [2.75, 3.05) is 6.61 Å². The van der Waals surface area contributed by atoms with Gasteiger partial charge in [-0.25, -0.2) is 0 Å². The van der Waals surface area contributed by atoms with Crippen LogP contribution in [-0.4, -0.2) is 17.5 Å². The molecule has 0 fully saturated rings. The second-order valence-corrected chi connectivity index (χ2v) is 2.94. The lowest BCUT2D eigenvalue weighted by molar-refractivity contribution is -0.110. The van der Waals surface area contributed by atoms with Crippen molar-refractivity contribution < 1.29 is 9.90 Å². The first-order valence-electron chi connectivity index (χ1n) is 4.24. The molecule has 0 atom stereocenters. The normalized spacial score (nSPS) is 9.50. The van der Waals surface area contributed by atoms with Crippen LogP contribution in [0.25, 0.3) is 5.57 Å². The third kappa shape index (κ3) is 2.18. The third-order valence-corrected chi connectivity index (χ3v) is 1.91. The maximum atomic E-state index is 11.5. The summed E-state index contributed by atoms with van der Waals surface area (Å²) >= 11 is 0. The number of hydrogen-bond donors (Lipinski definition) is 1. The number of rotatable bonds is 4. The molecule has 1 rings (SSSR count). The Morgan fingerprint density at radius 2 is 1.79 bits per heavy atom. The predicted octanol–water partition coefficient (Wildman–Crippen LogP) is 1.82. The number of benzene rings is 1. The zero-order chi connectivity index (χ0) is 10.6. The largest absolute Gasteiger partial charge is 0.392 e. The van der Waals surface area contributed by atoms with E-state index in [1.54, 1.807) is 12.1 Å². The van der Waals surface area contributed by atoms with Crippen LogP contribution in [0.2, 0.25) is 0 Å². The number of aliphatic hydroxyl groups is 1. The predicted molar refractivity (Wildman–Crippen MR) is 56.7 cm³/mol. The maximum Gasteiger partial charge on any atom is 0.190 e. The molecule has 0 aliphatic carbocycles. The van der Waals surface area contributed by atoms with Gasteiger partial charge in [-0.1, -0.05) is 43.5 Å². The first kappa shape index (κ1) is 10.4. The minimum Gasteiger partial charge on any atom is -0.392 e. The summed E-state index contributed by atoms with van der Waals surface area (Å²) in [6, 6.07) is 9.11. The number of ketones is 1. The number of carbonyl (C=O) groups excluding carboxylic acids is 1. The lowest BCUT2D eigenvalue weighted by Crippen LogP contribution is -2.06. The Bertz CT molecular complexity index is 363. The zero-order valence-electron chi connectivity index (χ0n) is 7.86. The number of hydrogen-bond acceptors (Lipinski definition) is 2. The van der Waals surface area contributed by atoms with E-state index in [9.17, 15) is 4.79 Å². The highest BCUT2D eigenvalue weighted by atomic mass is 16.3. The molecule has 0 aliphatic rings. The quantitative estimate of drug-likeness (QED) is 0.732. The first-order chi connectivity index (χ1) is 6.66. The van der Waals surface area contributed by atoms with Crippen LogP contribution in [-0.2, 0) is 4.79 Å². The van der Waals surface area contributed by atoms with Crippen molar-refractivity contribution in [3.05, 3.63) is 54.6 Å². The standard InChI is InChI=1S/C12H12O2/c1-9(8-13)12(14)10(2)11-6-4-3-5-7-11/h3-7,13H,1-2,8H2. The van der Waals surface area contributed by atoms with Crippen LogP contribution >= 0.6 is 0 Å². The van der Waals surface area contributed by atoms with Gasteiger partial charge in [0, 0.05) is 11.1 Å². The highest BCUT2D eigenvalue weighted by Gasteiger charge is 2.11. The molecule has 0 saturated carbocycles. The van der Waals surface area contributed by atoms with Crippen molar-refractivity contribution in [1.29, 1.82) is 0 Å². The van der Waals surface area contributed by atoms with Gasteiger partial charge in [-0.3, -0.25) is 4.79 Å². The molecule has 0 spiro atoms. The summed E-state index contributed by atoms with van der Waals surface area (Å²) in [5.74, 6) is -0.293. The van der Waals surface area contributed by atoms with Crippen LogP contribution in [0.4, 0.5) is 0 Å². The van der Waals surface area contributed by atoms with Crippen molar-refractivity contribution in [3.63, 3.8) is 0 Å². The van der Waals surface area contributed by atoms with Crippen molar-refractivity contribution >= 4 is 11.4 Å². The van der Waals surface area contributed by atoms with E-state index in [1.165, 1.54) is 0 Å². The van der Waals surface area contributed by atoms with Crippen LogP contribution in [0.3, 0.4) is 0 Å². The van der Waals surface area contributed by atoms with E-state index in [1.807, 2.05) is 18.2 Å². The fourth-order valence-corrected chi connectivity index (χ4v) is 1.06. The number of carbonyl (C=O) groups is 1. The van der Waals surface area contributed by atoms with Crippen LogP contribution in [0.5, 0.6) is 0 Å². The Hall–Kier alpha value is -1.67. The molecule has 1 aromatic rings. The summed E-state index contributed by atoms with van der Waals surface area (Å²) < 4.78 is 0. The Kier molecular flexibility index (Phi) is 3.37. The Morgan fingerprint density at radius 3 is 2.29 bits per heavy atom. The van der Waals surface area contributed by atoms with E-state index in [4.69, 9.17) is 5.11 Å². The van der Waals surface area contributed by atoms with Crippen molar-refractivity contribution in [2.24, 2.45) is 0 Å². The molecule has 72 valence electrons. The summed E-state index contributed by atoms with van der Waals surface area (Å²) in [6.45, 7) is 6.80. The average molecular weight is 188 g/mol. The molecule has 0 amide bonds. The summed E-state index contributed by atoms with van der Waals surface area (Å²) in [6.07, 6.45) is 0. The van der Waals surface area contributed by atoms with Crippen LogP contribution in [0.15, 0.2) is 49.1 Å². The van der Waals surface area contributed by atoms with E-state index in [-0.39, 0.29) is 18.0 Å². The molecule has 2 heteroatoms. The first-order valence-corrected chi connectivity index (χ1v) is 4.24. The number of Topliss-reactive ketones (excluding diaryl/α,β-unsaturated/α-hetero) is 1. The van der Waals surface area contributed by atoms with Gasteiger partial charge in [0.2, 0.25) is 0 Å². The van der Waals surface area contributed by atoms with Crippen LogP contribution in [0.1, 0.15) is 5.56 Å². The summed E-state index contributed by atoms with van der Waals surface area (Å²) in [4.78, 5) is 11.5. The van der Waals surface area contributed by atoms with Gasteiger partial charge in [-0.15, -0.1) is 0 Å². The van der Waals surface area contributed by atoms with E-state index in [0.717, 1.165) is 5.56 Å². The topological polar surface area (TPSA) is 37.3 Å². The lowest BCUT2D eigenvalue weighted by atomic mass is 10.00. The van der Waals surface area contributed by atoms with E-state index >= 15 is 0 Å². The number of allylic oxidation sites excluding steroid dienone is 1. The molecular formula is C12H12O2. The molecule has 0 bridgehead atoms. The van der Waals surface area contributed by atoms with Crippen molar-refractivity contribution in [3.8, 4) is 0 Å². The average Bonchev–Trinajstić information content (AvgIpc) is 2.27. The minimum atomic E-state index is -0.329. The highest BCUT2D eigenvalue weighted by Crippen LogP contribution is 2.15. The fraction of sp³-hybridized carbons (Fsp3) is 0.0833. The van der Waals surface area contributed by atoms with Crippen molar-refractivity contribution in [2.45, 2.75) is 0 Å². The van der Waals surface area contributed by atoms with Crippen LogP contribution < -0.4 is 0 Å². The van der Waals surface area contributed by atoms with Gasteiger partial charge < -0.3 is 5.11 Å². The Morgan fingerprint density at radius 1 is 1.21 bits per heavy atom. The van der Waals surface area contributed by atoms with Crippen molar-refractivity contribution in [1.82, 2.24) is 0 Å². The molecule has 0 radical (unpaired) electrons. The molecule has 0 aromatic heterocycles. The SMILES string of the molecule is C=C(CO)C(=O)C(=C)c1ccccc1. The third-order valence-electron chi connectivity index (χ3n) is 1.91. The Balaban J connectivity index is 2.87. The Labute approximate surface area is 83.2 Å². The summed E-state index contributed by atoms with van der Waals surface area (Å²) in [5, 5.41) is 8.74. The lowest BCUT2D eigenvalue weighted by Gasteiger charge is -2.04. The zero-order valence-corrected chi connectivity index (χ0v) is 7.86. The molecule has 0 saturated heterocycles. The molecular weight excluding hydrogens is 176 g/mol. The van der Waals surface area contributed by atoms with Gasteiger partial charge in [0.25, 0.3) is 0 Å². The van der Waals surface area contributed by atoms with E-state index in [0.29, 0.717) is 5.57 Å². The monoisotopic (exact) mass is 188 g/mol. The molecule has 14 heavy (non-hydrogen) atoms. The minimum absolute atomic E-state index is 0.166. The van der Waals surface area contributed by atoms with Crippen LogP contribution in [0, 0.1) is 0 Å². The molecule has 1 N–H and O–H groups in total. The smallest absolute Gasteiger partial charge is 0.190 e. The second-order valence-electron chi connectivity index (χ2n) is 2.94. The molecule has 0 aliphatic heterocycles. The second kappa shape index (κ2) is 4.53.